The molecule has 0 saturated heterocycles. The van der Waals surface area contributed by atoms with Crippen LogP contribution in [0.25, 0.3) is 10.9 Å². The minimum absolute atomic E-state index is 0.112. The standard InChI is InChI=1S/C20H23N5O2/c1-25(2)15-9-7-14(8-10-15)13-22-18(26)11-12-21-20(27)19-16-5-3-4-6-17(16)23-24-19/h3-10H,11-13H2,1-2H3,(H,21,27)(H,22,26)(H,23,24). The number of carbonyl (C=O) groups is 2. The molecule has 0 aliphatic heterocycles. The maximum atomic E-state index is 12.2. The van der Waals surface area contributed by atoms with E-state index in [1.54, 1.807) is 0 Å². The minimum atomic E-state index is -0.292. The van der Waals surface area contributed by atoms with Gasteiger partial charge < -0.3 is 15.5 Å². The SMILES string of the molecule is CN(C)c1ccc(CNC(=O)CCNC(=O)c2n[nH]c3ccccc23)cc1. The molecule has 0 unspecified atom stereocenters. The largest absolute Gasteiger partial charge is 0.378 e. The zero-order valence-corrected chi connectivity index (χ0v) is 15.5. The Morgan fingerprint density at radius 1 is 1.04 bits per heavy atom. The van der Waals surface area contributed by atoms with Gasteiger partial charge in [-0.2, -0.15) is 5.10 Å². The van der Waals surface area contributed by atoms with Gasteiger partial charge in [0.05, 0.1) is 5.52 Å². The van der Waals surface area contributed by atoms with Gasteiger partial charge in [-0.25, -0.2) is 0 Å². The molecule has 3 aromatic rings. The number of benzene rings is 2. The van der Waals surface area contributed by atoms with Crippen LogP contribution in [0.2, 0.25) is 0 Å². The number of hydrogen-bond acceptors (Lipinski definition) is 4. The fraction of sp³-hybridized carbons (Fsp3) is 0.250. The molecule has 140 valence electrons. The molecule has 0 atom stereocenters. The molecule has 0 saturated carbocycles. The average Bonchev–Trinajstić information content (AvgIpc) is 3.11. The highest BCUT2D eigenvalue weighted by atomic mass is 16.2. The molecule has 2 aromatic carbocycles. The van der Waals surface area contributed by atoms with Crippen LogP contribution in [0.4, 0.5) is 5.69 Å². The van der Waals surface area contributed by atoms with Gasteiger partial charge in [0.2, 0.25) is 5.91 Å². The van der Waals surface area contributed by atoms with Crippen molar-refractivity contribution < 1.29 is 9.59 Å². The highest BCUT2D eigenvalue weighted by molar-refractivity contribution is 6.04. The molecular weight excluding hydrogens is 342 g/mol. The van der Waals surface area contributed by atoms with Crippen LogP contribution >= 0.6 is 0 Å². The van der Waals surface area contributed by atoms with E-state index in [9.17, 15) is 9.59 Å². The number of rotatable bonds is 7. The summed E-state index contributed by atoms with van der Waals surface area (Å²) < 4.78 is 0. The van der Waals surface area contributed by atoms with Crippen LogP contribution in [0.5, 0.6) is 0 Å². The first-order valence-corrected chi connectivity index (χ1v) is 8.79. The highest BCUT2D eigenvalue weighted by Crippen LogP contribution is 2.14. The van der Waals surface area contributed by atoms with E-state index >= 15 is 0 Å². The van der Waals surface area contributed by atoms with E-state index in [0.717, 1.165) is 22.2 Å². The van der Waals surface area contributed by atoms with E-state index < -0.39 is 0 Å². The van der Waals surface area contributed by atoms with Crippen LogP contribution in [0, 0.1) is 0 Å². The van der Waals surface area contributed by atoms with Crippen LogP contribution in [0.1, 0.15) is 22.5 Å². The third-order valence-electron chi connectivity index (χ3n) is 4.27. The lowest BCUT2D eigenvalue weighted by atomic mass is 10.2. The van der Waals surface area contributed by atoms with Crippen molar-refractivity contribution in [1.82, 2.24) is 20.8 Å². The minimum Gasteiger partial charge on any atom is -0.378 e. The summed E-state index contributed by atoms with van der Waals surface area (Å²) in [5.41, 5.74) is 3.28. The topological polar surface area (TPSA) is 90.1 Å². The normalized spacial score (nSPS) is 10.6. The molecule has 0 spiro atoms. The lowest BCUT2D eigenvalue weighted by Gasteiger charge is -2.13. The Morgan fingerprint density at radius 3 is 2.52 bits per heavy atom. The Bertz CT molecular complexity index is 931. The maximum absolute atomic E-state index is 12.2. The third-order valence-corrected chi connectivity index (χ3v) is 4.27. The van der Waals surface area contributed by atoms with E-state index in [-0.39, 0.29) is 24.8 Å². The Morgan fingerprint density at radius 2 is 1.78 bits per heavy atom. The molecule has 0 bridgehead atoms. The van der Waals surface area contributed by atoms with E-state index in [0.29, 0.717) is 12.2 Å². The van der Waals surface area contributed by atoms with Crippen molar-refractivity contribution in [3.8, 4) is 0 Å². The number of H-pyrrole nitrogens is 1. The fourth-order valence-corrected chi connectivity index (χ4v) is 2.71. The molecule has 0 aliphatic rings. The summed E-state index contributed by atoms with van der Waals surface area (Å²) >= 11 is 0. The average molecular weight is 365 g/mol. The van der Waals surface area contributed by atoms with Gasteiger partial charge in [-0.05, 0) is 23.8 Å². The van der Waals surface area contributed by atoms with Crippen molar-refractivity contribution in [2.75, 3.05) is 25.5 Å². The quantitative estimate of drug-likeness (QED) is 0.598. The van der Waals surface area contributed by atoms with Crippen molar-refractivity contribution >= 4 is 28.4 Å². The second-order valence-corrected chi connectivity index (χ2v) is 6.46. The first-order chi connectivity index (χ1) is 13.0. The fourth-order valence-electron chi connectivity index (χ4n) is 2.71. The van der Waals surface area contributed by atoms with E-state index in [4.69, 9.17) is 0 Å². The van der Waals surface area contributed by atoms with Gasteiger partial charge in [-0.15, -0.1) is 0 Å². The second kappa shape index (κ2) is 8.35. The van der Waals surface area contributed by atoms with E-state index in [2.05, 4.69) is 20.8 Å². The van der Waals surface area contributed by atoms with Crippen molar-refractivity contribution in [3.05, 3.63) is 59.8 Å². The predicted molar refractivity (Wildman–Crippen MR) is 106 cm³/mol. The van der Waals surface area contributed by atoms with Crippen molar-refractivity contribution in [1.29, 1.82) is 0 Å². The Labute approximate surface area is 157 Å². The van der Waals surface area contributed by atoms with Gasteiger partial charge >= 0.3 is 0 Å². The Hall–Kier alpha value is -3.35. The number of nitrogens with zero attached hydrogens (tertiary/aromatic N) is 2. The molecule has 1 heterocycles. The molecule has 2 amide bonds. The van der Waals surface area contributed by atoms with Gasteiger partial charge in [0.15, 0.2) is 5.69 Å². The molecule has 0 aliphatic carbocycles. The van der Waals surface area contributed by atoms with Crippen LogP contribution in [-0.4, -0.2) is 42.7 Å². The smallest absolute Gasteiger partial charge is 0.272 e. The number of nitrogens with one attached hydrogen (secondary N) is 3. The summed E-state index contributed by atoms with van der Waals surface area (Å²) in [4.78, 5) is 26.2. The van der Waals surface area contributed by atoms with Crippen LogP contribution in [0.15, 0.2) is 48.5 Å². The van der Waals surface area contributed by atoms with Gasteiger partial charge in [0.25, 0.3) is 5.91 Å². The summed E-state index contributed by atoms with van der Waals surface area (Å²) in [6, 6.07) is 15.4. The first-order valence-electron chi connectivity index (χ1n) is 8.79. The number of aromatic amines is 1. The number of amides is 2. The molecule has 1 aromatic heterocycles. The lowest BCUT2D eigenvalue weighted by molar-refractivity contribution is -0.121. The third kappa shape index (κ3) is 4.63. The van der Waals surface area contributed by atoms with Crippen molar-refractivity contribution in [3.63, 3.8) is 0 Å². The first kappa shape index (κ1) is 18.4. The molecule has 3 N–H and O–H groups in total. The van der Waals surface area contributed by atoms with Gasteiger partial charge in [0.1, 0.15) is 0 Å². The van der Waals surface area contributed by atoms with Crippen molar-refractivity contribution in [2.45, 2.75) is 13.0 Å². The van der Waals surface area contributed by atoms with Crippen LogP contribution in [-0.2, 0) is 11.3 Å². The van der Waals surface area contributed by atoms with Gasteiger partial charge in [-0.1, -0.05) is 30.3 Å². The number of hydrogen-bond donors (Lipinski definition) is 3. The summed E-state index contributed by atoms with van der Waals surface area (Å²) in [6.07, 6.45) is 0.212. The van der Waals surface area contributed by atoms with E-state index in [1.807, 2.05) is 67.5 Å². The highest BCUT2D eigenvalue weighted by Gasteiger charge is 2.13. The second-order valence-electron chi connectivity index (χ2n) is 6.46. The van der Waals surface area contributed by atoms with Gasteiger partial charge in [0, 0.05) is 44.7 Å². The van der Waals surface area contributed by atoms with Crippen LogP contribution in [0.3, 0.4) is 0 Å². The molecule has 0 fully saturated rings. The van der Waals surface area contributed by atoms with E-state index in [1.165, 1.54) is 0 Å². The molecule has 27 heavy (non-hydrogen) atoms. The lowest BCUT2D eigenvalue weighted by Crippen LogP contribution is -2.30. The monoisotopic (exact) mass is 365 g/mol. The van der Waals surface area contributed by atoms with Crippen LogP contribution < -0.4 is 15.5 Å². The number of anilines is 1. The number of carbonyl (C=O) groups excluding carboxylic acids is 2. The molecule has 7 heteroatoms. The molecule has 3 rings (SSSR count). The zero-order chi connectivity index (χ0) is 19.2. The van der Waals surface area contributed by atoms with Gasteiger partial charge in [-0.3, -0.25) is 14.7 Å². The summed E-state index contributed by atoms with van der Waals surface area (Å²) in [5, 5.41) is 13.2. The molecule has 0 radical (unpaired) electrons. The number of fused-ring (bicyclic) bond motifs is 1. The maximum Gasteiger partial charge on any atom is 0.272 e. The summed E-state index contributed by atoms with van der Waals surface area (Å²) in [5.74, 6) is -0.404. The predicted octanol–water partition coefficient (Wildman–Crippen LogP) is 2.07. The van der Waals surface area contributed by atoms with Crippen molar-refractivity contribution in [2.24, 2.45) is 0 Å². The molecule has 7 nitrogen and oxygen atoms in total. The molecular formula is C20H23N5O2. The summed E-state index contributed by atoms with van der Waals surface area (Å²) in [7, 11) is 3.97. The summed E-state index contributed by atoms with van der Waals surface area (Å²) in [6.45, 7) is 0.718. The zero-order valence-electron chi connectivity index (χ0n) is 15.5. The number of para-hydroxylation sites is 1. The Balaban J connectivity index is 1.43. The Kier molecular flexibility index (Phi) is 5.71. The number of aromatic nitrogens is 2.